The molecule has 2 rings (SSSR count). The fourth-order valence-electron chi connectivity index (χ4n) is 2.76. The average Bonchev–Trinajstić information content (AvgIpc) is 3.12. The molecule has 1 amide bonds. The highest BCUT2D eigenvalue weighted by Crippen LogP contribution is 2.18. The molecule has 1 heterocycles. The molecule has 2 unspecified atom stereocenters. The summed E-state index contributed by atoms with van der Waals surface area (Å²) < 4.78 is 5.18. The summed E-state index contributed by atoms with van der Waals surface area (Å²) >= 11 is 0. The maximum atomic E-state index is 12.0. The molecule has 1 aromatic heterocycles. The summed E-state index contributed by atoms with van der Waals surface area (Å²) in [5, 5.41) is 9.59. The number of benzene rings is 1. The summed E-state index contributed by atoms with van der Waals surface area (Å²) in [6.45, 7) is 7.48. The first-order valence-corrected chi connectivity index (χ1v) is 9.37. The predicted molar refractivity (Wildman–Crippen MR) is 109 cm³/mol. The summed E-state index contributed by atoms with van der Waals surface area (Å²) in [5.74, 6) is 1.33. The van der Waals surface area contributed by atoms with Crippen LogP contribution < -0.4 is 16.0 Å². The van der Waals surface area contributed by atoms with Gasteiger partial charge in [-0.2, -0.15) is 0 Å². The van der Waals surface area contributed by atoms with Crippen LogP contribution in [-0.2, 0) is 0 Å². The highest BCUT2D eigenvalue weighted by Gasteiger charge is 2.15. The molecular weight excluding hydrogens is 340 g/mol. The van der Waals surface area contributed by atoms with Gasteiger partial charge in [0.15, 0.2) is 11.7 Å². The molecule has 0 spiro atoms. The molecule has 0 aliphatic carbocycles. The normalized spacial score (nSPS) is 13.7. The van der Waals surface area contributed by atoms with E-state index in [9.17, 15) is 4.79 Å². The Labute approximate surface area is 161 Å². The van der Waals surface area contributed by atoms with E-state index in [0.29, 0.717) is 24.8 Å². The molecule has 1 aromatic carbocycles. The van der Waals surface area contributed by atoms with E-state index >= 15 is 0 Å². The summed E-state index contributed by atoms with van der Waals surface area (Å²) in [6.07, 6.45) is 2.31. The third-order valence-electron chi connectivity index (χ3n) is 4.66. The number of hydrogen-bond acceptors (Lipinski definition) is 3. The van der Waals surface area contributed by atoms with Crippen molar-refractivity contribution in [2.45, 2.75) is 39.2 Å². The molecule has 0 aliphatic rings. The third-order valence-corrected chi connectivity index (χ3v) is 4.66. The zero-order valence-electron chi connectivity index (χ0n) is 16.6. The number of hydrogen-bond donors (Lipinski definition) is 3. The van der Waals surface area contributed by atoms with Crippen molar-refractivity contribution in [1.82, 2.24) is 16.0 Å². The number of guanidine groups is 1. The quantitative estimate of drug-likeness (QED) is 0.379. The summed E-state index contributed by atoms with van der Waals surface area (Å²) in [5.41, 5.74) is 2.14. The lowest BCUT2D eigenvalue weighted by molar-refractivity contribution is 0.0925. The van der Waals surface area contributed by atoms with Crippen molar-refractivity contribution >= 4 is 11.9 Å². The number of rotatable bonds is 8. The zero-order chi connectivity index (χ0) is 19.6. The molecule has 146 valence electrons. The standard InChI is InChI=1S/C21H30N4O2/c1-15-11-14-27-19(15)20(26)23-12-8-13-24-21(22-4)25-17(3)16(2)18-9-6-5-7-10-18/h5-7,9-11,14,16-17H,8,12-13H2,1-4H3,(H,23,26)(H2,22,24,25). The van der Waals surface area contributed by atoms with E-state index in [4.69, 9.17) is 4.42 Å². The van der Waals surface area contributed by atoms with Gasteiger partial charge in [-0.1, -0.05) is 37.3 Å². The molecule has 2 aromatic rings. The molecule has 0 saturated heterocycles. The molecule has 0 saturated carbocycles. The number of carbonyl (C=O) groups is 1. The van der Waals surface area contributed by atoms with Crippen molar-refractivity contribution in [2.75, 3.05) is 20.1 Å². The third kappa shape index (κ3) is 6.16. The Morgan fingerprint density at radius 3 is 2.44 bits per heavy atom. The van der Waals surface area contributed by atoms with Crippen LogP contribution in [0.15, 0.2) is 52.1 Å². The number of aryl methyl sites for hydroxylation is 1. The van der Waals surface area contributed by atoms with Crippen LogP contribution in [-0.4, -0.2) is 38.0 Å². The average molecular weight is 370 g/mol. The van der Waals surface area contributed by atoms with Gasteiger partial charge >= 0.3 is 0 Å². The van der Waals surface area contributed by atoms with Gasteiger partial charge in [-0.3, -0.25) is 9.79 Å². The molecule has 0 radical (unpaired) electrons. The van der Waals surface area contributed by atoms with Crippen LogP contribution in [0, 0.1) is 6.92 Å². The maximum Gasteiger partial charge on any atom is 0.287 e. The lowest BCUT2D eigenvalue weighted by Crippen LogP contribution is -2.44. The van der Waals surface area contributed by atoms with E-state index < -0.39 is 0 Å². The molecular formula is C21H30N4O2. The smallest absolute Gasteiger partial charge is 0.287 e. The van der Waals surface area contributed by atoms with Crippen LogP contribution >= 0.6 is 0 Å². The van der Waals surface area contributed by atoms with E-state index in [1.807, 2.05) is 13.0 Å². The van der Waals surface area contributed by atoms with E-state index in [2.05, 4.69) is 59.1 Å². The minimum Gasteiger partial charge on any atom is -0.459 e. The minimum absolute atomic E-state index is 0.176. The van der Waals surface area contributed by atoms with Crippen molar-refractivity contribution in [3.8, 4) is 0 Å². The number of carbonyl (C=O) groups excluding carboxylic acids is 1. The number of aliphatic imine (C=N–C) groups is 1. The maximum absolute atomic E-state index is 12.0. The van der Waals surface area contributed by atoms with E-state index in [1.54, 1.807) is 13.1 Å². The van der Waals surface area contributed by atoms with E-state index in [1.165, 1.54) is 11.8 Å². The van der Waals surface area contributed by atoms with Crippen LogP contribution in [0.1, 0.15) is 47.9 Å². The molecule has 6 heteroatoms. The predicted octanol–water partition coefficient (Wildman–Crippen LogP) is 3.07. The first-order valence-electron chi connectivity index (χ1n) is 9.37. The Morgan fingerprint density at radius 1 is 1.11 bits per heavy atom. The van der Waals surface area contributed by atoms with Crippen molar-refractivity contribution in [3.05, 3.63) is 59.5 Å². The highest BCUT2D eigenvalue weighted by molar-refractivity contribution is 5.92. The lowest BCUT2D eigenvalue weighted by atomic mass is 9.94. The molecule has 0 aliphatic heterocycles. The lowest BCUT2D eigenvalue weighted by Gasteiger charge is -2.24. The number of nitrogens with zero attached hydrogens (tertiary/aromatic N) is 1. The van der Waals surface area contributed by atoms with Gasteiger partial charge in [0, 0.05) is 37.7 Å². The van der Waals surface area contributed by atoms with Gasteiger partial charge in [-0.25, -0.2) is 0 Å². The Morgan fingerprint density at radius 2 is 1.81 bits per heavy atom. The van der Waals surface area contributed by atoms with Gasteiger partial charge in [0.25, 0.3) is 5.91 Å². The van der Waals surface area contributed by atoms with Gasteiger partial charge in [0.1, 0.15) is 0 Å². The Kier molecular flexibility index (Phi) is 7.92. The van der Waals surface area contributed by atoms with Gasteiger partial charge < -0.3 is 20.4 Å². The minimum atomic E-state index is -0.176. The Balaban J connectivity index is 1.69. The van der Waals surface area contributed by atoms with Gasteiger partial charge in [0.2, 0.25) is 0 Å². The van der Waals surface area contributed by atoms with Crippen LogP contribution in [0.2, 0.25) is 0 Å². The molecule has 0 fully saturated rings. The first-order chi connectivity index (χ1) is 13.0. The summed E-state index contributed by atoms with van der Waals surface area (Å²) in [6, 6.07) is 12.4. The van der Waals surface area contributed by atoms with Gasteiger partial charge in [-0.05, 0) is 31.9 Å². The SMILES string of the molecule is CN=C(NCCCNC(=O)c1occc1C)NC(C)C(C)c1ccccc1. The van der Waals surface area contributed by atoms with Crippen LogP contribution in [0.3, 0.4) is 0 Å². The molecule has 6 nitrogen and oxygen atoms in total. The second kappa shape index (κ2) is 10.4. The van der Waals surface area contributed by atoms with E-state index in [-0.39, 0.29) is 11.9 Å². The molecule has 0 bridgehead atoms. The van der Waals surface area contributed by atoms with E-state index in [0.717, 1.165) is 17.9 Å². The number of amides is 1. The number of nitrogens with one attached hydrogen (secondary N) is 3. The highest BCUT2D eigenvalue weighted by atomic mass is 16.3. The van der Waals surface area contributed by atoms with Gasteiger partial charge in [-0.15, -0.1) is 0 Å². The van der Waals surface area contributed by atoms with Crippen molar-refractivity contribution in [3.63, 3.8) is 0 Å². The molecule has 3 N–H and O–H groups in total. The Bertz CT molecular complexity index is 740. The second-order valence-corrected chi connectivity index (χ2v) is 6.67. The fraction of sp³-hybridized carbons (Fsp3) is 0.429. The first kappa shape index (κ1) is 20.6. The van der Waals surface area contributed by atoms with Crippen molar-refractivity contribution in [2.24, 2.45) is 4.99 Å². The van der Waals surface area contributed by atoms with Crippen LogP contribution in [0.5, 0.6) is 0 Å². The Hall–Kier alpha value is -2.76. The summed E-state index contributed by atoms with van der Waals surface area (Å²) in [4.78, 5) is 16.3. The van der Waals surface area contributed by atoms with Gasteiger partial charge in [0.05, 0.1) is 6.26 Å². The second-order valence-electron chi connectivity index (χ2n) is 6.67. The monoisotopic (exact) mass is 370 g/mol. The van der Waals surface area contributed by atoms with Crippen molar-refractivity contribution in [1.29, 1.82) is 0 Å². The number of furan rings is 1. The van der Waals surface area contributed by atoms with Crippen molar-refractivity contribution < 1.29 is 9.21 Å². The topological polar surface area (TPSA) is 78.7 Å². The molecule has 2 atom stereocenters. The van der Waals surface area contributed by atoms with Crippen LogP contribution in [0.25, 0.3) is 0 Å². The van der Waals surface area contributed by atoms with Crippen LogP contribution in [0.4, 0.5) is 0 Å². The molecule has 27 heavy (non-hydrogen) atoms. The fourth-order valence-corrected chi connectivity index (χ4v) is 2.76. The zero-order valence-corrected chi connectivity index (χ0v) is 16.6. The summed E-state index contributed by atoms with van der Waals surface area (Å²) in [7, 11) is 1.76. The largest absolute Gasteiger partial charge is 0.459 e.